The Bertz CT molecular complexity index is 529. The van der Waals surface area contributed by atoms with Gasteiger partial charge in [-0.2, -0.15) is 5.10 Å². The summed E-state index contributed by atoms with van der Waals surface area (Å²) < 4.78 is 39.5. The average molecular weight is 241 g/mol. The molecule has 0 saturated carbocycles. The number of nitrogens with two attached hydrogens (primary N) is 1. The fraction of sp³-hybridized carbons (Fsp3) is 0.182. The molecule has 90 valence electrons. The van der Waals surface area contributed by atoms with Gasteiger partial charge in [0.15, 0.2) is 0 Å². The molecule has 1 aromatic heterocycles. The lowest BCUT2D eigenvalue weighted by Crippen LogP contribution is -1.96. The molecule has 0 radical (unpaired) electrons. The molecule has 1 heterocycles. The molecule has 0 spiro atoms. The SMILES string of the molecule is Cn1nc(-c2ccc(C(F)F)c(F)c2)cc1N. The number of nitrogens with zero attached hydrogens (tertiary/aromatic N) is 2. The fourth-order valence-electron chi connectivity index (χ4n) is 1.49. The molecule has 0 atom stereocenters. The van der Waals surface area contributed by atoms with Gasteiger partial charge in [-0.1, -0.05) is 6.07 Å². The number of benzene rings is 1. The van der Waals surface area contributed by atoms with E-state index in [1.54, 1.807) is 13.1 Å². The Labute approximate surface area is 95.7 Å². The van der Waals surface area contributed by atoms with Crippen molar-refractivity contribution in [2.24, 2.45) is 7.05 Å². The highest BCUT2D eigenvalue weighted by molar-refractivity contribution is 5.62. The predicted molar refractivity (Wildman–Crippen MR) is 58.0 cm³/mol. The number of aryl methyl sites for hydroxylation is 1. The minimum absolute atomic E-state index is 0.415. The molecule has 0 aliphatic rings. The summed E-state index contributed by atoms with van der Waals surface area (Å²) >= 11 is 0. The molecule has 2 rings (SSSR count). The zero-order valence-corrected chi connectivity index (χ0v) is 8.99. The smallest absolute Gasteiger partial charge is 0.266 e. The maximum absolute atomic E-state index is 13.3. The summed E-state index contributed by atoms with van der Waals surface area (Å²) in [5.41, 5.74) is 5.83. The lowest BCUT2D eigenvalue weighted by atomic mass is 10.1. The van der Waals surface area contributed by atoms with Crippen molar-refractivity contribution in [3.8, 4) is 11.3 Å². The first kappa shape index (κ1) is 11.5. The fourth-order valence-corrected chi connectivity index (χ4v) is 1.49. The average Bonchev–Trinajstić information content (AvgIpc) is 2.58. The number of rotatable bonds is 2. The summed E-state index contributed by atoms with van der Waals surface area (Å²) in [5.74, 6) is -0.528. The Morgan fingerprint density at radius 1 is 1.29 bits per heavy atom. The van der Waals surface area contributed by atoms with Crippen molar-refractivity contribution in [1.29, 1.82) is 0 Å². The molecule has 2 N–H and O–H groups in total. The van der Waals surface area contributed by atoms with Crippen LogP contribution in [0.15, 0.2) is 24.3 Å². The number of halogens is 3. The van der Waals surface area contributed by atoms with E-state index in [1.165, 1.54) is 10.7 Å². The molecule has 0 amide bonds. The molecule has 3 nitrogen and oxygen atoms in total. The van der Waals surface area contributed by atoms with Crippen LogP contribution in [-0.4, -0.2) is 9.78 Å². The first-order valence-electron chi connectivity index (χ1n) is 4.86. The highest BCUT2D eigenvalue weighted by Gasteiger charge is 2.14. The Morgan fingerprint density at radius 2 is 2.00 bits per heavy atom. The summed E-state index contributed by atoms with van der Waals surface area (Å²) in [6, 6.07) is 5.03. The Hall–Kier alpha value is -1.98. The monoisotopic (exact) mass is 241 g/mol. The van der Waals surface area contributed by atoms with Crippen molar-refractivity contribution in [1.82, 2.24) is 9.78 Å². The minimum Gasteiger partial charge on any atom is -0.384 e. The van der Waals surface area contributed by atoms with Crippen LogP contribution in [0.2, 0.25) is 0 Å². The third-order valence-electron chi connectivity index (χ3n) is 2.45. The maximum atomic E-state index is 13.3. The van der Waals surface area contributed by atoms with Gasteiger partial charge in [-0.25, -0.2) is 13.2 Å². The second kappa shape index (κ2) is 4.12. The molecule has 0 unspecified atom stereocenters. The third-order valence-corrected chi connectivity index (χ3v) is 2.45. The molecule has 0 bridgehead atoms. The van der Waals surface area contributed by atoms with Crippen molar-refractivity contribution in [3.63, 3.8) is 0 Å². The third kappa shape index (κ3) is 2.11. The van der Waals surface area contributed by atoms with Gasteiger partial charge in [0.05, 0.1) is 11.3 Å². The van der Waals surface area contributed by atoms with E-state index in [1.807, 2.05) is 0 Å². The van der Waals surface area contributed by atoms with Crippen molar-refractivity contribution in [3.05, 3.63) is 35.6 Å². The number of alkyl halides is 2. The van der Waals surface area contributed by atoms with Gasteiger partial charge in [-0.3, -0.25) is 4.68 Å². The lowest BCUT2D eigenvalue weighted by molar-refractivity contribution is 0.146. The van der Waals surface area contributed by atoms with Crippen LogP contribution in [0.25, 0.3) is 11.3 Å². The van der Waals surface area contributed by atoms with E-state index in [0.717, 1.165) is 12.1 Å². The van der Waals surface area contributed by atoms with Gasteiger partial charge in [0.25, 0.3) is 6.43 Å². The molecule has 2 aromatic rings. The van der Waals surface area contributed by atoms with Crippen LogP contribution in [0.3, 0.4) is 0 Å². The number of nitrogen functional groups attached to an aromatic ring is 1. The van der Waals surface area contributed by atoms with Gasteiger partial charge in [0.2, 0.25) is 0 Å². The van der Waals surface area contributed by atoms with Gasteiger partial charge in [-0.15, -0.1) is 0 Å². The number of anilines is 1. The first-order chi connectivity index (χ1) is 7.99. The van der Waals surface area contributed by atoms with E-state index >= 15 is 0 Å². The summed E-state index contributed by atoms with van der Waals surface area (Å²) in [5, 5.41) is 4.03. The van der Waals surface area contributed by atoms with Crippen LogP contribution >= 0.6 is 0 Å². The summed E-state index contributed by atoms with van der Waals surface area (Å²) in [4.78, 5) is 0. The maximum Gasteiger partial charge on any atom is 0.266 e. The van der Waals surface area contributed by atoms with E-state index in [0.29, 0.717) is 17.1 Å². The Kier molecular flexibility index (Phi) is 2.79. The highest BCUT2D eigenvalue weighted by Crippen LogP contribution is 2.27. The minimum atomic E-state index is -2.82. The van der Waals surface area contributed by atoms with Gasteiger partial charge in [0.1, 0.15) is 11.6 Å². The van der Waals surface area contributed by atoms with Gasteiger partial charge in [0, 0.05) is 18.7 Å². The first-order valence-corrected chi connectivity index (χ1v) is 4.86. The van der Waals surface area contributed by atoms with Crippen LogP contribution in [-0.2, 0) is 7.05 Å². The van der Waals surface area contributed by atoms with E-state index < -0.39 is 17.8 Å². The normalized spacial score (nSPS) is 11.1. The summed E-state index contributed by atoms with van der Waals surface area (Å²) in [7, 11) is 1.64. The van der Waals surface area contributed by atoms with Crippen LogP contribution in [0.5, 0.6) is 0 Å². The van der Waals surface area contributed by atoms with Crippen LogP contribution in [0, 0.1) is 5.82 Å². The van der Waals surface area contributed by atoms with E-state index in [-0.39, 0.29) is 0 Å². The molecule has 0 aliphatic heterocycles. The lowest BCUT2D eigenvalue weighted by Gasteiger charge is -2.03. The van der Waals surface area contributed by atoms with Crippen molar-refractivity contribution < 1.29 is 13.2 Å². The molecular weight excluding hydrogens is 231 g/mol. The van der Waals surface area contributed by atoms with Crippen LogP contribution in [0.1, 0.15) is 12.0 Å². The number of hydrogen-bond acceptors (Lipinski definition) is 2. The molecule has 0 aliphatic carbocycles. The molecule has 17 heavy (non-hydrogen) atoms. The molecule has 6 heteroatoms. The quantitative estimate of drug-likeness (QED) is 0.878. The van der Waals surface area contributed by atoms with Crippen LogP contribution in [0.4, 0.5) is 19.0 Å². The molecule has 0 fully saturated rings. The zero-order valence-electron chi connectivity index (χ0n) is 8.99. The van der Waals surface area contributed by atoms with Gasteiger partial charge < -0.3 is 5.73 Å². The second-order valence-electron chi connectivity index (χ2n) is 3.62. The van der Waals surface area contributed by atoms with Crippen molar-refractivity contribution >= 4 is 5.82 Å². The highest BCUT2D eigenvalue weighted by atomic mass is 19.3. The Balaban J connectivity index is 2.44. The topological polar surface area (TPSA) is 43.8 Å². The Morgan fingerprint density at radius 3 is 2.47 bits per heavy atom. The van der Waals surface area contributed by atoms with E-state index in [9.17, 15) is 13.2 Å². The van der Waals surface area contributed by atoms with Crippen LogP contribution < -0.4 is 5.73 Å². The second-order valence-corrected chi connectivity index (χ2v) is 3.62. The number of aromatic nitrogens is 2. The van der Waals surface area contributed by atoms with E-state index in [4.69, 9.17) is 5.73 Å². The molecule has 0 saturated heterocycles. The number of hydrogen-bond donors (Lipinski definition) is 1. The van der Waals surface area contributed by atoms with Crippen molar-refractivity contribution in [2.75, 3.05) is 5.73 Å². The summed E-state index contributed by atoms with van der Waals surface area (Å²) in [6.07, 6.45) is -2.82. The van der Waals surface area contributed by atoms with E-state index in [2.05, 4.69) is 5.10 Å². The standard InChI is InChI=1S/C11H10F3N3/c1-17-10(15)5-9(16-17)6-2-3-7(11(13)14)8(12)4-6/h2-5,11H,15H2,1H3. The zero-order chi connectivity index (χ0) is 12.6. The largest absolute Gasteiger partial charge is 0.384 e. The van der Waals surface area contributed by atoms with Gasteiger partial charge in [-0.05, 0) is 12.1 Å². The van der Waals surface area contributed by atoms with Crippen molar-refractivity contribution in [2.45, 2.75) is 6.43 Å². The molecular formula is C11H10F3N3. The van der Waals surface area contributed by atoms with Gasteiger partial charge >= 0.3 is 0 Å². The summed E-state index contributed by atoms with van der Waals surface area (Å²) in [6.45, 7) is 0. The molecule has 1 aromatic carbocycles. The predicted octanol–water partition coefficient (Wildman–Crippen LogP) is 2.75.